The highest BCUT2D eigenvalue weighted by Gasteiger charge is 2.15. The van der Waals surface area contributed by atoms with Gasteiger partial charge in [-0.25, -0.2) is 0 Å². The molecule has 120 valence electrons. The highest BCUT2D eigenvalue weighted by Crippen LogP contribution is 2.23. The Hall–Kier alpha value is -1.86. The Kier molecular flexibility index (Phi) is 5.97. The average Bonchev–Trinajstić information content (AvgIpc) is 3.03. The molecule has 0 aromatic heterocycles. The number of nitrogens with one attached hydrogen (secondary N) is 2. The molecule has 0 unspecified atom stereocenters. The van der Waals surface area contributed by atoms with Crippen LogP contribution in [0.2, 0.25) is 0 Å². The van der Waals surface area contributed by atoms with Crippen molar-refractivity contribution >= 4 is 23.0 Å². The second-order valence-corrected chi connectivity index (χ2v) is 5.45. The quantitative estimate of drug-likeness (QED) is 0.436. The van der Waals surface area contributed by atoms with E-state index in [4.69, 9.17) is 21.7 Å². The number of phenols is 1. The number of hydrogen-bond acceptors (Lipinski definition) is 5. The zero-order valence-electron chi connectivity index (χ0n) is 12.8. The molecule has 22 heavy (non-hydrogen) atoms. The fourth-order valence-electron chi connectivity index (χ4n) is 2.19. The molecule has 0 radical (unpaired) electrons. The largest absolute Gasteiger partial charge is 0.507 e. The first-order valence-electron chi connectivity index (χ1n) is 7.17. The number of ether oxygens (including phenoxy) is 2. The first-order valence-corrected chi connectivity index (χ1v) is 7.58. The van der Waals surface area contributed by atoms with Gasteiger partial charge in [-0.1, -0.05) is 0 Å². The molecule has 6 nitrogen and oxygen atoms in total. The lowest BCUT2D eigenvalue weighted by atomic mass is 10.1. The van der Waals surface area contributed by atoms with Crippen LogP contribution in [-0.2, 0) is 4.74 Å². The minimum Gasteiger partial charge on any atom is -0.507 e. The molecule has 0 aliphatic carbocycles. The third kappa shape index (κ3) is 4.57. The molecule has 1 aliphatic heterocycles. The second kappa shape index (κ2) is 7.95. The monoisotopic (exact) mass is 323 g/mol. The van der Waals surface area contributed by atoms with E-state index in [1.807, 2.05) is 0 Å². The van der Waals surface area contributed by atoms with E-state index in [0.717, 1.165) is 19.4 Å². The number of phenolic OH excluding ortho intramolecular Hbond substituents is 1. The molecule has 0 spiro atoms. The summed E-state index contributed by atoms with van der Waals surface area (Å²) < 4.78 is 10.6. The third-order valence-electron chi connectivity index (χ3n) is 3.43. The summed E-state index contributed by atoms with van der Waals surface area (Å²) in [4.78, 5) is 0. The molecule has 1 atom stereocenters. The van der Waals surface area contributed by atoms with E-state index in [2.05, 4.69) is 15.8 Å². The normalized spacial score (nSPS) is 18.1. The first-order chi connectivity index (χ1) is 10.6. The minimum absolute atomic E-state index is 0.112. The maximum atomic E-state index is 9.95. The van der Waals surface area contributed by atoms with Crippen LogP contribution in [0.5, 0.6) is 11.5 Å². The molecule has 0 amide bonds. The molecule has 1 heterocycles. The Bertz CT molecular complexity index is 557. The van der Waals surface area contributed by atoms with E-state index >= 15 is 0 Å². The van der Waals surface area contributed by atoms with E-state index in [1.165, 1.54) is 0 Å². The second-order valence-electron chi connectivity index (χ2n) is 5.04. The number of hydrogen-bond donors (Lipinski definition) is 3. The summed E-state index contributed by atoms with van der Waals surface area (Å²) in [6.07, 6.45) is 2.37. The molecule has 3 N–H and O–H groups in total. The number of aromatic hydroxyl groups is 1. The lowest BCUT2D eigenvalue weighted by Gasteiger charge is -2.12. The predicted octanol–water partition coefficient (Wildman–Crippen LogP) is 1.77. The molecule has 1 fully saturated rings. The number of hydrazone groups is 1. The van der Waals surface area contributed by atoms with E-state index in [9.17, 15) is 5.11 Å². The van der Waals surface area contributed by atoms with E-state index in [1.54, 1.807) is 32.2 Å². The number of thiocarbonyl (C=S) groups is 1. The van der Waals surface area contributed by atoms with Crippen molar-refractivity contribution in [2.24, 2.45) is 5.10 Å². The van der Waals surface area contributed by atoms with Crippen molar-refractivity contribution in [3.05, 3.63) is 23.8 Å². The maximum Gasteiger partial charge on any atom is 0.187 e. The molecule has 1 aromatic rings. The van der Waals surface area contributed by atoms with Gasteiger partial charge in [0.25, 0.3) is 0 Å². The maximum absolute atomic E-state index is 9.95. The lowest BCUT2D eigenvalue weighted by molar-refractivity contribution is 0.114. The number of benzene rings is 1. The third-order valence-corrected chi connectivity index (χ3v) is 3.67. The summed E-state index contributed by atoms with van der Waals surface area (Å²) in [5.41, 5.74) is 4.02. The van der Waals surface area contributed by atoms with Gasteiger partial charge in [0.15, 0.2) is 5.11 Å². The molecule has 2 rings (SSSR count). The van der Waals surface area contributed by atoms with Crippen molar-refractivity contribution < 1.29 is 14.6 Å². The van der Waals surface area contributed by atoms with Gasteiger partial charge in [0.1, 0.15) is 11.5 Å². The molecule has 1 saturated heterocycles. The van der Waals surface area contributed by atoms with Crippen LogP contribution < -0.4 is 15.5 Å². The van der Waals surface area contributed by atoms with Crippen LogP contribution in [0.1, 0.15) is 25.3 Å². The van der Waals surface area contributed by atoms with Crippen LogP contribution >= 0.6 is 12.2 Å². The average molecular weight is 323 g/mol. The Morgan fingerprint density at radius 3 is 3.00 bits per heavy atom. The minimum atomic E-state index is 0.112. The van der Waals surface area contributed by atoms with Crippen molar-refractivity contribution in [2.75, 3.05) is 20.3 Å². The zero-order valence-corrected chi connectivity index (χ0v) is 13.6. The van der Waals surface area contributed by atoms with Crippen LogP contribution in [0.3, 0.4) is 0 Å². The van der Waals surface area contributed by atoms with Gasteiger partial charge in [-0.05, 0) is 44.1 Å². The Labute approximate surface area is 135 Å². The molecular weight excluding hydrogens is 302 g/mol. The van der Waals surface area contributed by atoms with Crippen molar-refractivity contribution in [3.63, 3.8) is 0 Å². The Balaban J connectivity index is 1.87. The molecule has 0 bridgehead atoms. The zero-order chi connectivity index (χ0) is 15.9. The lowest BCUT2D eigenvalue weighted by Crippen LogP contribution is -2.37. The van der Waals surface area contributed by atoms with Crippen molar-refractivity contribution in [1.82, 2.24) is 10.7 Å². The smallest absolute Gasteiger partial charge is 0.187 e. The summed E-state index contributed by atoms with van der Waals surface area (Å²) in [5.74, 6) is 0.705. The van der Waals surface area contributed by atoms with Crippen LogP contribution in [0.4, 0.5) is 0 Å². The van der Waals surface area contributed by atoms with Gasteiger partial charge < -0.3 is 19.9 Å². The Morgan fingerprint density at radius 2 is 2.36 bits per heavy atom. The van der Waals surface area contributed by atoms with Gasteiger partial charge in [0.2, 0.25) is 0 Å². The van der Waals surface area contributed by atoms with Gasteiger partial charge >= 0.3 is 0 Å². The number of methoxy groups -OCH3 is 1. The highest BCUT2D eigenvalue weighted by atomic mass is 32.1. The topological polar surface area (TPSA) is 75.1 Å². The van der Waals surface area contributed by atoms with Gasteiger partial charge in [0, 0.05) is 24.8 Å². The fraction of sp³-hybridized carbons (Fsp3) is 0.467. The van der Waals surface area contributed by atoms with Crippen LogP contribution in [0, 0.1) is 0 Å². The summed E-state index contributed by atoms with van der Waals surface area (Å²) in [7, 11) is 1.55. The van der Waals surface area contributed by atoms with Crippen molar-refractivity contribution in [3.8, 4) is 11.5 Å². The molecule has 0 saturated carbocycles. The molecular formula is C15H21N3O3S. The number of rotatable bonds is 5. The van der Waals surface area contributed by atoms with Gasteiger partial charge in [-0.15, -0.1) is 0 Å². The SMILES string of the molecule is COc1ccc(/C(C)=N/NC(=S)NC[C@@H]2CCCO2)c(O)c1. The van der Waals surface area contributed by atoms with Crippen LogP contribution in [0.15, 0.2) is 23.3 Å². The molecule has 7 heteroatoms. The van der Waals surface area contributed by atoms with Gasteiger partial charge in [-0.2, -0.15) is 5.10 Å². The van der Waals surface area contributed by atoms with E-state index < -0.39 is 0 Å². The van der Waals surface area contributed by atoms with Crippen molar-refractivity contribution in [1.29, 1.82) is 0 Å². The summed E-state index contributed by atoms with van der Waals surface area (Å²) in [6, 6.07) is 5.06. The van der Waals surface area contributed by atoms with Crippen LogP contribution in [0.25, 0.3) is 0 Å². The van der Waals surface area contributed by atoms with E-state index in [0.29, 0.717) is 28.7 Å². The molecule has 1 aromatic carbocycles. The standard InChI is InChI=1S/C15H21N3O3S/c1-10(13-6-5-11(20-2)8-14(13)19)17-18-15(22)16-9-12-4-3-7-21-12/h5-6,8,12,19H,3-4,7,9H2,1-2H3,(H2,16,18,22)/b17-10+/t12-/m0/s1. The number of nitrogens with zero attached hydrogens (tertiary/aromatic N) is 1. The van der Waals surface area contributed by atoms with Gasteiger partial charge in [-0.3, -0.25) is 5.43 Å². The van der Waals surface area contributed by atoms with E-state index in [-0.39, 0.29) is 11.9 Å². The Morgan fingerprint density at radius 1 is 1.55 bits per heavy atom. The van der Waals surface area contributed by atoms with Crippen LogP contribution in [-0.4, -0.2) is 42.3 Å². The fourth-order valence-corrected chi connectivity index (χ4v) is 2.32. The first kappa shape index (κ1) is 16.5. The highest BCUT2D eigenvalue weighted by molar-refractivity contribution is 7.80. The summed E-state index contributed by atoms with van der Waals surface area (Å²) in [6.45, 7) is 3.28. The summed E-state index contributed by atoms with van der Waals surface area (Å²) >= 11 is 5.16. The van der Waals surface area contributed by atoms with Gasteiger partial charge in [0.05, 0.1) is 18.9 Å². The molecule has 1 aliphatic rings. The van der Waals surface area contributed by atoms with Crippen molar-refractivity contribution in [2.45, 2.75) is 25.9 Å². The summed E-state index contributed by atoms with van der Waals surface area (Å²) in [5, 5.41) is 17.6. The predicted molar refractivity (Wildman–Crippen MR) is 89.6 cm³/mol.